The van der Waals surface area contributed by atoms with Crippen molar-refractivity contribution in [1.29, 1.82) is 0 Å². The first-order chi connectivity index (χ1) is 13.5. The summed E-state index contributed by atoms with van der Waals surface area (Å²) in [5.74, 6) is 0.220. The maximum Gasteiger partial charge on any atom is 0.408 e. The Morgan fingerprint density at radius 3 is 2.17 bits per heavy atom. The highest BCUT2D eigenvalue weighted by Gasteiger charge is 2.28. The molecule has 2 rings (SSSR count). The van der Waals surface area contributed by atoms with Gasteiger partial charge in [0.15, 0.2) is 6.10 Å². The van der Waals surface area contributed by atoms with Crippen LogP contribution in [0.15, 0.2) is 24.3 Å². The Kier molecular flexibility index (Phi) is 7.30. The van der Waals surface area contributed by atoms with E-state index in [4.69, 9.17) is 9.47 Å². The number of amides is 3. The van der Waals surface area contributed by atoms with Gasteiger partial charge in [-0.2, -0.15) is 0 Å². The third-order valence-electron chi connectivity index (χ3n) is 4.22. The van der Waals surface area contributed by atoms with Crippen LogP contribution in [0.2, 0.25) is 0 Å². The summed E-state index contributed by atoms with van der Waals surface area (Å²) in [5, 5.41) is 11.7. The highest BCUT2D eigenvalue weighted by Crippen LogP contribution is 2.18. The van der Waals surface area contributed by atoms with Crippen molar-refractivity contribution in [3.8, 4) is 11.5 Å². The molecule has 1 atom stereocenters. The molecule has 1 aromatic carbocycles. The third kappa shape index (κ3) is 7.17. The number of phenols is 1. The van der Waals surface area contributed by atoms with Crippen LogP contribution in [-0.4, -0.2) is 77.2 Å². The van der Waals surface area contributed by atoms with Crippen molar-refractivity contribution >= 4 is 17.9 Å². The van der Waals surface area contributed by atoms with Crippen LogP contribution in [0.1, 0.15) is 27.7 Å². The molecule has 0 aliphatic carbocycles. The molecule has 160 valence electrons. The number of nitrogens with one attached hydrogen (secondary N) is 1. The first kappa shape index (κ1) is 22.3. The predicted molar refractivity (Wildman–Crippen MR) is 106 cm³/mol. The average Bonchev–Trinajstić information content (AvgIpc) is 2.66. The van der Waals surface area contributed by atoms with Crippen LogP contribution in [0.3, 0.4) is 0 Å². The average molecular weight is 407 g/mol. The summed E-state index contributed by atoms with van der Waals surface area (Å²) >= 11 is 0. The zero-order chi connectivity index (χ0) is 21.6. The summed E-state index contributed by atoms with van der Waals surface area (Å²) in [5.41, 5.74) is -0.627. The quantitative estimate of drug-likeness (QED) is 0.763. The van der Waals surface area contributed by atoms with Gasteiger partial charge in [-0.15, -0.1) is 0 Å². The summed E-state index contributed by atoms with van der Waals surface area (Å²) in [6.45, 7) is 8.30. The van der Waals surface area contributed by atoms with Crippen molar-refractivity contribution in [3.63, 3.8) is 0 Å². The van der Waals surface area contributed by atoms with Gasteiger partial charge >= 0.3 is 6.09 Å². The largest absolute Gasteiger partial charge is 0.508 e. The molecule has 0 radical (unpaired) electrons. The Bertz CT molecular complexity index is 721. The lowest BCUT2D eigenvalue weighted by atomic mass is 10.2. The molecule has 0 bridgehead atoms. The molecular weight excluding hydrogens is 378 g/mol. The zero-order valence-electron chi connectivity index (χ0n) is 17.3. The van der Waals surface area contributed by atoms with Gasteiger partial charge in [0.25, 0.3) is 5.91 Å². The number of aromatic hydroxyl groups is 1. The van der Waals surface area contributed by atoms with Gasteiger partial charge in [0, 0.05) is 26.2 Å². The standard InChI is InChI=1S/C20H29N3O6/c1-14(28-16-7-5-15(24)6-8-16)18(26)23-11-9-22(10-12-23)17(25)13-21-19(27)29-20(2,3)4/h5-8,14,24H,9-13H2,1-4H3,(H,21,27). The maximum absolute atomic E-state index is 12.6. The second kappa shape index (κ2) is 9.49. The van der Waals surface area contributed by atoms with Crippen LogP contribution in [0, 0.1) is 0 Å². The van der Waals surface area contributed by atoms with E-state index in [1.54, 1.807) is 49.6 Å². The summed E-state index contributed by atoms with van der Waals surface area (Å²) in [6, 6.07) is 6.16. The minimum atomic E-state index is -0.685. The van der Waals surface area contributed by atoms with E-state index in [9.17, 15) is 19.5 Å². The topological polar surface area (TPSA) is 108 Å². The number of benzene rings is 1. The number of carbonyl (C=O) groups excluding carboxylic acids is 3. The molecule has 1 heterocycles. The molecule has 0 aromatic heterocycles. The van der Waals surface area contributed by atoms with E-state index in [0.29, 0.717) is 31.9 Å². The number of hydrogen-bond acceptors (Lipinski definition) is 6. The molecule has 1 aliphatic heterocycles. The SMILES string of the molecule is CC(Oc1ccc(O)cc1)C(=O)N1CCN(C(=O)CNC(=O)OC(C)(C)C)CC1. The monoisotopic (exact) mass is 407 g/mol. The zero-order valence-corrected chi connectivity index (χ0v) is 17.3. The van der Waals surface area contributed by atoms with E-state index in [1.807, 2.05) is 0 Å². The molecule has 29 heavy (non-hydrogen) atoms. The summed E-state index contributed by atoms with van der Waals surface area (Å²) in [4.78, 5) is 39.7. The smallest absolute Gasteiger partial charge is 0.408 e. The number of piperazine rings is 1. The number of nitrogens with zero attached hydrogens (tertiary/aromatic N) is 2. The lowest BCUT2D eigenvalue weighted by molar-refractivity contribution is -0.143. The van der Waals surface area contributed by atoms with Crippen molar-refractivity contribution < 1.29 is 29.0 Å². The van der Waals surface area contributed by atoms with Crippen molar-refractivity contribution in [2.75, 3.05) is 32.7 Å². The van der Waals surface area contributed by atoms with Gasteiger partial charge in [-0.1, -0.05) is 0 Å². The highest BCUT2D eigenvalue weighted by molar-refractivity contribution is 5.83. The molecule has 1 aliphatic rings. The first-order valence-corrected chi connectivity index (χ1v) is 9.54. The Hall–Kier alpha value is -2.97. The van der Waals surface area contributed by atoms with Crippen LogP contribution in [0.25, 0.3) is 0 Å². The van der Waals surface area contributed by atoms with E-state index in [-0.39, 0.29) is 24.1 Å². The summed E-state index contributed by atoms with van der Waals surface area (Å²) < 4.78 is 10.7. The fraction of sp³-hybridized carbons (Fsp3) is 0.550. The summed E-state index contributed by atoms with van der Waals surface area (Å²) in [7, 11) is 0. The molecule has 1 aromatic rings. The summed E-state index contributed by atoms with van der Waals surface area (Å²) in [6.07, 6.45) is -1.32. The predicted octanol–water partition coefficient (Wildman–Crippen LogP) is 1.35. The van der Waals surface area contributed by atoms with Gasteiger partial charge in [0.2, 0.25) is 5.91 Å². The van der Waals surface area contributed by atoms with E-state index in [1.165, 1.54) is 12.1 Å². The number of phenolic OH excluding ortho intramolecular Hbond substituents is 1. The molecular formula is C20H29N3O6. The second-order valence-corrected chi connectivity index (χ2v) is 7.82. The lowest BCUT2D eigenvalue weighted by Crippen LogP contribution is -2.54. The minimum absolute atomic E-state index is 0.123. The Balaban J connectivity index is 1.75. The Labute approximate surface area is 170 Å². The van der Waals surface area contributed by atoms with Gasteiger partial charge in [0.05, 0.1) is 0 Å². The van der Waals surface area contributed by atoms with Crippen LogP contribution in [0.5, 0.6) is 11.5 Å². The second-order valence-electron chi connectivity index (χ2n) is 7.82. The number of alkyl carbamates (subject to hydrolysis) is 1. The van der Waals surface area contributed by atoms with Crippen LogP contribution >= 0.6 is 0 Å². The number of ether oxygens (including phenoxy) is 2. The van der Waals surface area contributed by atoms with Crippen LogP contribution < -0.4 is 10.1 Å². The first-order valence-electron chi connectivity index (χ1n) is 9.54. The minimum Gasteiger partial charge on any atom is -0.508 e. The van der Waals surface area contributed by atoms with Gasteiger partial charge < -0.3 is 29.7 Å². The molecule has 1 unspecified atom stereocenters. The molecule has 9 nitrogen and oxygen atoms in total. The Morgan fingerprint density at radius 1 is 1.07 bits per heavy atom. The van der Waals surface area contributed by atoms with Gasteiger partial charge in [-0.3, -0.25) is 9.59 Å². The molecule has 0 spiro atoms. The van der Waals surface area contributed by atoms with Crippen molar-refractivity contribution in [2.24, 2.45) is 0 Å². The molecule has 1 saturated heterocycles. The molecule has 3 amide bonds. The van der Waals surface area contributed by atoms with Gasteiger partial charge in [-0.05, 0) is 52.0 Å². The molecule has 1 fully saturated rings. The Morgan fingerprint density at radius 2 is 1.62 bits per heavy atom. The van der Waals surface area contributed by atoms with E-state index < -0.39 is 17.8 Å². The van der Waals surface area contributed by atoms with Crippen LogP contribution in [-0.2, 0) is 14.3 Å². The number of hydrogen-bond donors (Lipinski definition) is 2. The molecule has 9 heteroatoms. The van der Waals surface area contributed by atoms with E-state index in [0.717, 1.165) is 0 Å². The maximum atomic E-state index is 12.6. The fourth-order valence-electron chi connectivity index (χ4n) is 2.79. The van der Waals surface area contributed by atoms with Crippen molar-refractivity contribution in [2.45, 2.75) is 39.4 Å². The van der Waals surface area contributed by atoms with Crippen LogP contribution in [0.4, 0.5) is 4.79 Å². The third-order valence-corrected chi connectivity index (χ3v) is 4.22. The fourth-order valence-corrected chi connectivity index (χ4v) is 2.79. The lowest BCUT2D eigenvalue weighted by Gasteiger charge is -2.36. The molecule has 0 saturated carbocycles. The van der Waals surface area contributed by atoms with Crippen molar-refractivity contribution in [1.82, 2.24) is 15.1 Å². The number of carbonyl (C=O) groups is 3. The van der Waals surface area contributed by atoms with Gasteiger partial charge in [0.1, 0.15) is 23.6 Å². The molecule has 2 N–H and O–H groups in total. The normalized spacial score (nSPS) is 15.4. The van der Waals surface area contributed by atoms with Gasteiger partial charge in [-0.25, -0.2) is 4.79 Å². The number of rotatable bonds is 5. The highest BCUT2D eigenvalue weighted by atomic mass is 16.6. The van der Waals surface area contributed by atoms with E-state index in [2.05, 4.69) is 5.32 Å². The van der Waals surface area contributed by atoms with Crippen molar-refractivity contribution in [3.05, 3.63) is 24.3 Å². The van der Waals surface area contributed by atoms with E-state index >= 15 is 0 Å².